The van der Waals surface area contributed by atoms with Gasteiger partial charge in [0.05, 0.1) is 6.10 Å². The molecule has 0 bridgehead atoms. The van der Waals surface area contributed by atoms with E-state index >= 15 is 0 Å². The van der Waals surface area contributed by atoms with E-state index in [0.29, 0.717) is 16.7 Å². The van der Waals surface area contributed by atoms with Gasteiger partial charge in [0, 0.05) is 13.3 Å². The molecule has 146 valence electrons. The van der Waals surface area contributed by atoms with Crippen LogP contribution >= 0.6 is 0 Å². The second-order valence-corrected chi connectivity index (χ2v) is 10.2. The highest BCUT2D eigenvalue weighted by molar-refractivity contribution is 5.66. The summed E-state index contributed by atoms with van der Waals surface area (Å²) in [5, 5.41) is 10.3. The first-order chi connectivity index (χ1) is 12.3. The first kappa shape index (κ1) is 18.5. The Hall–Kier alpha value is -0.830. The van der Waals surface area contributed by atoms with Gasteiger partial charge in [-0.05, 0) is 86.4 Å². The van der Waals surface area contributed by atoms with Gasteiger partial charge in [-0.3, -0.25) is 4.79 Å². The number of ether oxygens (including phenoxy) is 1. The Morgan fingerprint density at radius 3 is 2.65 bits per heavy atom. The van der Waals surface area contributed by atoms with Crippen LogP contribution in [0.3, 0.4) is 0 Å². The molecule has 0 aromatic rings. The zero-order valence-corrected chi connectivity index (χ0v) is 17.0. The lowest BCUT2D eigenvalue weighted by molar-refractivity contribution is -0.148. The number of hydrogen-bond donors (Lipinski definition) is 1. The average molecular weight is 361 g/mol. The van der Waals surface area contributed by atoms with Crippen molar-refractivity contribution < 1.29 is 14.6 Å². The summed E-state index contributed by atoms with van der Waals surface area (Å²) in [6.45, 7) is 8.49. The van der Waals surface area contributed by atoms with Gasteiger partial charge in [0.1, 0.15) is 6.10 Å². The minimum atomic E-state index is -0.175. The minimum absolute atomic E-state index is 0.0864. The molecule has 0 aliphatic heterocycles. The number of hydrogen-bond acceptors (Lipinski definition) is 3. The van der Waals surface area contributed by atoms with Crippen LogP contribution in [0.25, 0.3) is 0 Å². The summed E-state index contributed by atoms with van der Waals surface area (Å²) in [4.78, 5) is 11.4. The van der Waals surface area contributed by atoms with E-state index in [1.165, 1.54) is 39.0 Å². The van der Waals surface area contributed by atoms with E-state index in [4.69, 9.17) is 4.74 Å². The van der Waals surface area contributed by atoms with Crippen LogP contribution in [0.15, 0.2) is 11.6 Å². The van der Waals surface area contributed by atoms with Gasteiger partial charge >= 0.3 is 5.97 Å². The van der Waals surface area contributed by atoms with Crippen LogP contribution in [0.2, 0.25) is 0 Å². The van der Waals surface area contributed by atoms with Gasteiger partial charge < -0.3 is 9.84 Å². The standard InChI is InChI=1S/C23H36O3/c1-14(24)19-7-8-20-18-6-5-16-13-17(26-15(2)25)9-11-22(16,3)21(18)10-12-23(19,20)4/h5,14,17-21,24H,6-13H2,1-4H3/t14-,17-,18+,19-,20-,21-,22+,23-/m1/s1. The molecule has 0 unspecified atom stereocenters. The number of rotatable bonds is 2. The molecule has 0 aromatic heterocycles. The number of carbonyl (C=O) groups is 1. The molecule has 0 heterocycles. The van der Waals surface area contributed by atoms with Gasteiger partial charge in [0.25, 0.3) is 0 Å². The second kappa shape index (κ2) is 6.36. The second-order valence-electron chi connectivity index (χ2n) is 10.2. The summed E-state index contributed by atoms with van der Waals surface area (Å²) in [6.07, 6.45) is 11.8. The molecule has 1 N–H and O–H groups in total. The van der Waals surface area contributed by atoms with Gasteiger partial charge in [-0.25, -0.2) is 0 Å². The smallest absolute Gasteiger partial charge is 0.302 e. The van der Waals surface area contributed by atoms with E-state index in [-0.39, 0.29) is 18.2 Å². The van der Waals surface area contributed by atoms with Crippen LogP contribution in [-0.2, 0) is 9.53 Å². The topological polar surface area (TPSA) is 46.5 Å². The highest BCUT2D eigenvalue weighted by Gasteiger charge is 2.59. The third-order valence-electron chi connectivity index (χ3n) is 9.05. The van der Waals surface area contributed by atoms with Crippen LogP contribution in [0.4, 0.5) is 0 Å². The van der Waals surface area contributed by atoms with E-state index in [2.05, 4.69) is 19.9 Å². The summed E-state index contributed by atoms with van der Waals surface area (Å²) in [7, 11) is 0. The molecule has 0 aromatic carbocycles. The number of aliphatic hydroxyl groups is 1. The van der Waals surface area contributed by atoms with Crippen molar-refractivity contribution in [2.75, 3.05) is 0 Å². The quantitative estimate of drug-likeness (QED) is 0.564. The van der Waals surface area contributed by atoms with Crippen molar-refractivity contribution in [3.05, 3.63) is 11.6 Å². The van der Waals surface area contributed by atoms with Crippen molar-refractivity contribution in [2.45, 2.75) is 91.3 Å². The molecule has 26 heavy (non-hydrogen) atoms. The predicted molar refractivity (Wildman–Crippen MR) is 102 cm³/mol. The maximum atomic E-state index is 11.4. The Balaban J connectivity index is 1.58. The largest absolute Gasteiger partial charge is 0.462 e. The van der Waals surface area contributed by atoms with Gasteiger partial charge in [-0.1, -0.05) is 25.5 Å². The number of carbonyl (C=O) groups excluding carboxylic acids is 1. The molecule has 3 fully saturated rings. The number of esters is 1. The van der Waals surface area contributed by atoms with E-state index in [0.717, 1.165) is 37.0 Å². The molecule has 4 rings (SSSR count). The monoisotopic (exact) mass is 360 g/mol. The summed E-state index contributed by atoms with van der Waals surface area (Å²) in [6, 6.07) is 0. The lowest BCUT2D eigenvalue weighted by Gasteiger charge is -2.58. The molecular weight excluding hydrogens is 324 g/mol. The molecule has 0 radical (unpaired) electrons. The van der Waals surface area contributed by atoms with E-state index in [1.807, 2.05) is 6.92 Å². The minimum Gasteiger partial charge on any atom is -0.462 e. The first-order valence-electron chi connectivity index (χ1n) is 10.8. The fourth-order valence-electron chi connectivity index (χ4n) is 7.80. The van der Waals surface area contributed by atoms with Crippen molar-refractivity contribution in [1.82, 2.24) is 0 Å². The molecule has 3 saturated carbocycles. The molecule has 0 amide bonds. The van der Waals surface area contributed by atoms with Crippen molar-refractivity contribution in [3.63, 3.8) is 0 Å². The molecule has 0 saturated heterocycles. The van der Waals surface area contributed by atoms with E-state index in [1.54, 1.807) is 5.57 Å². The molecule has 0 spiro atoms. The van der Waals surface area contributed by atoms with Gasteiger partial charge in [0.15, 0.2) is 0 Å². The third kappa shape index (κ3) is 2.68. The summed E-state index contributed by atoms with van der Waals surface area (Å²) in [5.74, 6) is 2.65. The fraction of sp³-hybridized carbons (Fsp3) is 0.870. The number of aliphatic hydroxyl groups excluding tert-OH is 1. The zero-order chi connectivity index (χ0) is 18.7. The summed E-state index contributed by atoms with van der Waals surface area (Å²) < 4.78 is 5.54. The molecular formula is C23H36O3. The Bertz CT molecular complexity index is 609. The Morgan fingerprint density at radius 2 is 1.96 bits per heavy atom. The molecule has 4 aliphatic rings. The molecule has 3 heteroatoms. The third-order valence-corrected chi connectivity index (χ3v) is 9.05. The number of allylic oxidation sites excluding steroid dienone is 1. The summed E-state index contributed by atoms with van der Waals surface area (Å²) >= 11 is 0. The van der Waals surface area contributed by atoms with Crippen LogP contribution in [0, 0.1) is 34.5 Å². The van der Waals surface area contributed by atoms with E-state index < -0.39 is 0 Å². The average Bonchev–Trinajstić information content (AvgIpc) is 2.92. The Morgan fingerprint density at radius 1 is 1.19 bits per heavy atom. The molecule has 8 atom stereocenters. The highest BCUT2D eigenvalue weighted by atomic mass is 16.5. The predicted octanol–water partition coefficient (Wildman–Crippen LogP) is 4.88. The van der Waals surface area contributed by atoms with Crippen molar-refractivity contribution in [2.24, 2.45) is 34.5 Å². The van der Waals surface area contributed by atoms with Crippen LogP contribution < -0.4 is 0 Å². The maximum absolute atomic E-state index is 11.4. The van der Waals surface area contributed by atoms with Crippen LogP contribution in [0.5, 0.6) is 0 Å². The summed E-state index contributed by atoms with van der Waals surface area (Å²) in [5.41, 5.74) is 2.18. The lowest BCUT2D eigenvalue weighted by Crippen LogP contribution is -2.51. The van der Waals surface area contributed by atoms with Crippen molar-refractivity contribution in [3.8, 4) is 0 Å². The van der Waals surface area contributed by atoms with Crippen molar-refractivity contribution in [1.29, 1.82) is 0 Å². The molecule has 4 aliphatic carbocycles. The van der Waals surface area contributed by atoms with Crippen molar-refractivity contribution >= 4 is 5.97 Å². The van der Waals surface area contributed by atoms with Gasteiger partial charge in [-0.15, -0.1) is 0 Å². The SMILES string of the molecule is CC(=O)O[C@@H]1CC[C@@]2(C)C(=CC[C@H]3[C@H]4CC[C@H]([C@@H](C)O)[C@@]4(C)CC[C@H]32)C1. The Labute approximate surface area is 158 Å². The Kier molecular flexibility index (Phi) is 4.53. The maximum Gasteiger partial charge on any atom is 0.302 e. The molecule has 3 nitrogen and oxygen atoms in total. The van der Waals surface area contributed by atoms with Gasteiger partial charge in [-0.2, -0.15) is 0 Å². The highest BCUT2D eigenvalue weighted by Crippen LogP contribution is 2.66. The first-order valence-corrected chi connectivity index (χ1v) is 10.8. The van der Waals surface area contributed by atoms with Gasteiger partial charge in [0.2, 0.25) is 0 Å². The van der Waals surface area contributed by atoms with Crippen LogP contribution in [0.1, 0.15) is 79.1 Å². The normalized spacial score (nSPS) is 48.7. The zero-order valence-electron chi connectivity index (χ0n) is 17.0. The number of fused-ring (bicyclic) bond motifs is 5. The fourth-order valence-corrected chi connectivity index (χ4v) is 7.80. The lowest BCUT2D eigenvalue weighted by atomic mass is 9.47. The van der Waals surface area contributed by atoms with E-state index in [9.17, 15) is 9.90 Å². The van der Waals surface area contributed by atoms with Crippen LogP contribution in [-0.4, -0.2) is 23.3 Å².